The molecule has 0 atom stereocenters. The number of benzene rings is 2. The lowest BCUT2D eigenvalue weighted by Gasteiger charge is -2.29. The summed E-state index contributed by atoms with van der Waals surface area (Å²) in [4.78, 5) is 0. The van der Waals surface area contributed by atoms with E-state index in [0.717, 1.165) is 28.7 Å². The molecule has 3 rings (SSSR count). The number of hydrogen-bond donors (Lipinski definition) is 1. The molecule has 0 heterocycles. The molecular weight excluding hydrogens is 314 g/mol. The number of hydrogen-bond acceptors (Lipinski definition) is 1. The summed E-state index contributed by atoms with van der Waals surface area (Å²) in [6.45, 7) is 2.29. The molecule has 2 N–H and O–H groups in total. The fourth-order valence-corrected chi connectivity index (χ4v) is 4.02. The van der Waals surface area contributed by atoms with Crippen molar-refractivity contribution < 1.29 is 0 Å². The van der Waals surface area contributed by atoms with Crippen LogP contribution < -0.4 is 5.73 Å². The Bertz CT molecular complexity index is 722. The van der Waals surface area contributed by atoms with E-state index in [4.69, 9.17) is 5.73 Å². The van der Waals surface area contributed by atoms with E-state index in [-0.39, 0.29) is 0 Å². The minimum atomic E-state index is 0.747. The molecule has 0 radical (unpaired) electrons. The van der Waals surface area contributed by atoms with Gasteiger partial charge in [-0.3, -0.25) is 0 Å². The molecule has 1 fully saturated rings. The summed E-state index contributed by atoms with van der Waals surface area (Å²) in [5.74, 6) is 8.19. The second kappa shape index (κ2) is 9.48. The first-order valence-corrected chi connectivity index (χ1v) is 10.2. The highest BCUT2D eigenvalue weighted by atomic mass is 14.5. The highest BCUT2D eigenvalue weighted by Gasteiger charge is 2.21. The van der Waals surface area contributed by atoms with Crippen molar-refractivity contribution in [2.75, 3.05) is 5.73 Å². The van der Waals surface area contributed by atoms with Gasteiger partial charge in [0.05, 0.1) is 0 Å². The highest BCUT2D eigenvalue weighted by Crippen LogP contribution is 2.37. The van der Waals surface area contributed by atoms with Crippen molar-refractivity contribution in [3.63, 3.8) is 0 Å². The number of unbranched alkanes of at least 4 members (excludes halogenated alkanes) is 2. The van der Waals surface area contributed by atoms with Gasteiger partial charge in [-0.1, -0.05) is 56.6 Å². The molecule has 0 bridgehead atoms. The van der Waals surface area contributed by atoms with Crippen LogP contribution in [0.2, 0.25) is 0 Å². The van der Waals surface area contributed by atoms with E-state index < -0.39 is 0 Å². The quantitative estimate of drug-likeness (QED) is 0.372. The molecule has 0 spiro atoms. The van der Waals surface area contributed by atoms with Gasteiger partial charge in [0, 0.05) is 16.8 Å². The lowest BCUT2D eigenvalue weighted by atomic mass is 9.77. The van der Waals surface area contributed by atoms with Crippen LogP contribution in [-0.4, -0.2) is 0 Å². The Labute approximate surface area is 159 Å². The minimum absolute atomic E-state index is 0.747. The van der Waals surface area contributed by atoms with Crippen LogP contribution in [0.4, 0.5) is 5.69 Å². The van der Waals surface area contributed by atoms with Crippen molar-refractivity contribution in [3.05, 3.63) is 65.2 Å². The second-order valence-corrected chi connectivity index (χ2v) is 7.71. The highest BCUT2D eigenvalue weighted by molar-refractivity contribution is 5.48. The van der Waals surface area contributed by atoms with E-state index in [2.05, 4.69) is 43.0 Å². The first kappa shape index (κ1) is 18.6. The van der Waals surface area contributed by atoms with Crippen molar-refractivity contribution in [2.24, 2.45) is 5.92 Å². The molecule has 1 saturated carbocycles. The molecule has 1 heteroatoms. The lowest BCUT2D eigenvalue weighted by Crippen LogP contribution is -2.13. The molecule has 1 nitrogen and oxygen atoms in total. The number of nitrogen functional groups attached to an aromatic ring is 1. The zero-order valence-electron chi connectivity index (χ0n) is 16.0. The Hall–Kier alpha value is -2.20. The summed E-state index contributed by atoms with van der Waals surface area (Å²) in [5, 5.41) is 0. The Balaban J connectivity index is 1.53. The van der Waals surface area contributed by atoms with Crippen molar-refractivity contribution >= 4 is 5.69 Å². The first-order chi connectivity index (χ1) is 12.7. The molecular formula is C25H31N. The summed E-state index contributed by atoms with van der Waals surface area (Å²) in [5.41, 5.74) is 10.1. The average molecular weight is 346 g/mol. The summed E-state index contributed by atoms with van der Waals surface area (Å²) in [6, 6.07) is 16.6. The van der Waals surface area contributed by atoms with E-state index in [9.17, 15) is 0 Å². The van der Waals surface area contributed by atoms with Crippen LogP contribution in [0.1, 0.15) is 80.9 Å². The molecule has 26 heavy (non-hydrogen) atoms. The number of rotatable bonds is 5. The summed E-state index contributed by atoms with van der Waals surface area (Å²) in [7, 11) is 0. The normalized spacial score (nSPS) is 19.6. The molecule has 1 aliphatic rings. The molecule has 2 aromatic carbocycles. The van der Waals surface area contributed by atoms with E-state index in [0.29, 0.717) is 0 Å². The predicted molar refractivity (Wildman–Crippen MR) is 112 cm³/mol. The topological polar surface area (TPSA) is 26.0 Å². The minimum Gasteiger partial charge on any atom is -0.399 e. The van der Waals surface area contributed by atoms with Crippen LogP contribution in [-0.2, 0) is 0 Å². The molecule has 0 unspecified atom stereocenters. The molecule has 0 aromatic heterocycles. The molecule has 136 valence electrons. The summed E-state index contributed by atoms with van der Waals surface area (Å²) < 4.78 is 0. The third kappa shape index (κ3) is 5.40. The zero-order valence-corrected chi connectivity index (χ0v) is 16.0. The van der Waals surface area contributed by atoms with Crippen molar-refractivity contribution in [3.8, 4) is 11.8 Å². The fraction of sp³-hybridized carbons (Fsp3) is 0.440. The van der Waals surface area contributed by atoms with Gasteiger partial charge in [-0.25, -0.2) is 0 Å². The third-order valence-corrected chi connectivity index (χ3v) is 5.71. The van der Waals surface area contributed by atoms with Gasteiger partial charge < -0.3 is 5.73 Å². The van der Waals surface area contributed by atoms with Crippen LogP contribution in [0.15, 0.2) is 48.5 Å². The van der Waals surface area contributed by atoms with E-state index in [1.54, 1.807) is 0 Å². The van der Waals surface area contributed by atoms with Gasteiger partial charge >= 0.3 is 0 Å². The van der Waals surface area contributed by atoms with E-state index in [1.165, 1.54) is 56.9 Å². The van der Waals surface area contributed by atoms with Gasteiger partial charge in [0.15, 0.2) is 0 Å². The van der Waals surface area contributed by atoms with Gasteiger partial charge in [-0.15, -0.1) is 0 Å². The molecule has 2 aromatic rings. The zero-order chi connectivity index (χ0) is 18.2. The molecule has 1 aliphatic carbocycles. The molecule has 0 amide bonds. The smallest absolute Gasteiger partial charge is 0.0314 e. The van der Waals surface area contributed by atoms with Crippen molar-refractivity contribution in [1.82, 2.24) is 0 Å². The van der Waals surface area contributed by atoms with Gasteiger partial charge in [-0.2, -0.15) is 0 Å². The van der Waals surface area contributed by atoms with Crippen LogP contribution in [0.5, 0.6) is 0 Å². The molecule has 0 aliphatic heterocycles. The van der Waals surface area contributed by atoms with Crippen LogP contribution >= 0.6 is 0 Å². The fourth-order valence-electron chi connectivity index (χ4n) is 4.02. The maximum absolute atomic E-state index is 5.71. The Morgan fingerprint density at radius 2 is 1.38 bits per heavy atom. The van der Waals surface area contributed by atoms with E-state index in [1.807, 2.05) is 24.3 Å². The SMILES string of the molecule is CCCCCC1CCC(c2ccc(C#Cc3ccc(N)cc3)cc2)CC1. The van der Waals surface area contributed by atoms with Gasteiger partial charge in [0.2, 0.25) is 0 Å². The maximum Gasteiger partial charge on any atom is 0.0314 e. The van der Waals surface area contributed by atoms with Crippen LogP contribution in [0, 0.1) is 17.8 Å². The largest absolute Gasteiger partial charge is 0.399 e. The maximum atomic E-state index is 5.71. The third-order valence-electron chi connectivity index (χ3n) is 5.71. The van der Waals surface area contributed by atoms with Crippen molar-refractivity contribution in [2.45, 2.75) is 64.2 Å². The number of nitrogens with two attached hydrogens (primary N) is 1. The van der Waals surface area contributed by atoms with Crippen molar-refractivity contribution in [1.29, 1.82) is 0 Å². The first-order valence-electron chi connectivity index (χ1n) is 10.2. The van der Waals surface area contributed by atoms with Crippen LogP contribution in [0.25, 0.3) is 0 Å². The van der Waals surface area contributed by atoms with Gasteiger partial charge in [0.25, 0.3) is 0 Å². The Kier molecular flexibility index (Phi) is 6.78. The molecule has 0 saturated heterocycles. The second-order valence-electron chi connectivity index (χ2n) is 7.71. The van der Waals surface area contributed by atoms with Gasteiger partial charge in [-0.05, 0) is 79.5 Å². The number of anilines is 1. The van der Waals surface area contributed by atoms with E-state index >= 15 is 0 Å². The lowest BCUT2D eigenvalue weighted by molar-refractivity contribution is 0.303. The van der Waals surface area contributed by atoms with Crippen LogP contribution in [0.3, 0.4) is 0 Å². The Morgan fingerprint density at radius 3 is 1.96 bits per heavy atom. The summed E-state index contributed by atoms with van der Waals surface area (Å²) >= 11 is 0. The summed E-state index contributed by atoms with van der Waals surface area (Å²) in [6.07, 6.45) is 11.1. The average Bonchev–Trinajstić information content (AvgIpc) is 2.69. The standard InChI is InChI=1S/C25H31N/c1-2-3-4-5-20-8-14-23(15-9-20)24-16-10-21(11-17-24)6-7-22-12-18-25(26)19-13-22/h10-13,16-20,23H,2-5,8-9,14-15,26H2,1H3. The van der Waals surface area contributed by atoms with Gasteiger partial charge in [0.1, 0.15) is 0 Å². The Morgan fingerprint density at radius 1 is 0.808 bits per heavy atom. The predicted octanol–water partition coefficient (Wildman–Crippen LogP) is 6.52. The monoisotopic (exact) mass is 345 g/mol.